The van der Waals surface area contributed by atoms with Crippen molar-refractivity contribution in [2.45, 2.75) is 13.0 Å². The zero-order chi connectivity index (χ0) is 22.8. The van der Waals surface area contributed by atoms with Gasteiger partial charge < -0.3 is 14.2 Å². The smallest absolute Gasteiger partial charge is 0.338 e. The largest absolute Gasteiger partial charge is 0.497 e. The Bertz CT molecular complexity index is 1390. The van der Waals surface area contributed by atoms with E-state index in [4.69, 9.17) is 14.2 Å². The summed E-state index contributed by atoms with van der Waals surface area (Å²) in [7, 11) is 4.39. The molecule has 32 heavy (non-hydrogen) atoms. The number of aromatic nitrogens is 2. The molecular weight excluding hydrogens is 430 g/mol. The van der Waals surface area contributed by atoms with Crippen molar-refractivity contribution in [3.05, 3.63) is 84.8 Å². The van der Waals surface area contributed by atoms with Crippen LogP contribution < -0.4 is 24.4 Å². The first-order valence-corrected chi connectivity index (χ1v) is 10.5. The van der Waals surface area contributed by atoms with E-state index in [1.807, 2.05) is 6.07 Å². The Hall–Kier alpha value is -3.72. The van der Waals surface area contributed by atoms with Crippen molar-refractivity contribution in [3.8, 4) is 11.5 Å². The molecular formula is C23H21N3O5S. The summed E-state index contributed by atoms with van der Waals surface area (Å²) in [5.74, 6) is 0.512. The Morgan fingerprint density at radius 2 is 2.00 bits per heavy atom. The summed E-state index contributed by atoms with van der Waals surface area (Å²) in [5.41, 5.74) is 1.90. The number of nitrogens with zero attached hydrogens (tertiary/aromatic N) is 3. The van der Waals surface area contributed by atoms with Gasteiger partial charge in [-0.3, -0.25) is 14.3 Å². The van der Waals surface area contributed by atoms with Gasteiger partial charge >= 0.3 is 5.97 Å². The summed E-state index contributed by atoms with van der Waals surface area (Å²) in [6.07, 6.45) is 5.10. The second-order valence-electron chi connectivity index (χ2n) is 6.97. The van der Waals surface area contributed by atoms with Gasteiger partial charge in [0, 0.05) is 24.0 Å². The first-order valence-electron chi connectivity index (χ1n) is 9.71. The minimum absolute atomic E-state index is 0.269. The fraction of sp³-hybridized carbons (Fsp3) is 0.217. The van der Waals surface area contributed by atoms with E-state index in [1.165, 1.54) is 30.1 Å². The van der Waals surface area contributed by atoms with Gasteiger partial charge in [-0.2, -0.15) is 0 Å². The van der Waals surface area contributed by atoms with Gasteiger partial charge in [0.15, 0.2) is 4.80 Å². The number of thiazole rings is 1. The van der Waals surface area contributed by atoms with Crippen LogP contribution in [-0.2, 0) is 9.53 Å². The summed E-state index contributed by atoms with van der Waals surface area (Å²) < 4.78 is 17.9. The van der Waals surface area contributed by atoms with Gasteiger partial charge in [0.2, 0.25) is 0 Å². The van der Waals surface area contributed by atoms with Gasteiger partial charge in [-0.15, -0.1) is 0 Å². The lowest BCUT2D eigenvalue weighted by molar-refractivity contribution is -0.136. The number of carbonyl (C=O) groups excluding carboxylic acids is 1. The van der Waals surface area contributed by atoms with Crippen molar-refractivity contribution in [2.24, 2.45) is 4.99 Å². The molecule has 8 nitrogen and oxygen atoms in total. The summed E-state index contributed by atoms with van der Waals surface area (Å²) in [4.78, 5) is 35.4. The molecule has 3 aromatic rings. The third-order valence-electron chi connectivity index (χ3n) is 5.14. The average molecular weight is 452 g/mol. The quantitative estimate of drug-likeness (QED) is 0.550. The number of benzene rings is 1. The molecule has 4 rings (SSSR count). The Balaban J connectivity index is 2.01. The van der Waals surface area contributed by atoms with Crippen LogP contribution >= 0.6 is 11.3 Å². The van der Waals surface area contributed by atoms with Gasteiger partial charge in [-0.1, -0.05) is 17.4 Å². The second-order valence-corrected chi connectivity index (χ2v) is 7.98. The van der Waals surface area contributed by atoms with E-state index in [9.17, 15) is 9.59 Å². The number of hydrogen-bond donors (Lipinski definition) is 0. The summed E-state index contributed by atoms with van der Waals surface area (Å²) in [6.45, 7) is 1.73. The van der Waals surface area contributed by atoms with Gasteiger partial charge in [-0.25, -0.2) is 9.79 Å². The van der Waals surface area contributed by atoms with Gasteiger partial charge in [-0.05, 0) is 36.8 Å². The van der Waals surface area contributed by atoms with E-state index in [0.29, 0.717) is 32.1 Å². The number of pyridine rings is 1. The zero-order valence-corrected chi connectivity index (χ0v) is 18.8. The highest BCUT2D eigenvalue weighted by atomic mass is 32.1. The number of hydrogen-bond acceptors (Lipinski definition) is 8. The zero-order valence-electron chi connectivity index (χ0n) is 18.0. The molecule has 0 radical (unpaired) electrons. The maximum atomic E-state index is 13.5. The number of fused-ring (bicyclic) bond motifs is 1. The number of esters is 1. The van der Waals surface area contributed by atoms with Crippen LogP contribution in [0.15, 0.2) is 63.8 Å². The van der Waals surface area contributed by atoms with Gasteiger partial charge in [0.05, 0.1) is 37.1 Å². The highest BCUT2D eigenvalue weighted by Gasteiger charge is 2.35. The van der Waals surface area contributed by atoms with Crippen LogP contribution in [0.2, 0.25) is 0 Å². The molecule has 1 aliphatic heterocycles. The molecule has 9 heteroatoms. The van der Waals surface area contributed by atoms with Crippen molar-refractivity contribution < 1.29 is 19.0 Å². The third-order valence-corrected chi connectivity index (χ3v) is 6.13. The Morgan fingerprint density at radius 1 is 1.19 bits per heavy atom. The lowest BCUT2D eigenvalue weighted by atomic mass is 9.95. The van der Waals surface area contributed by atoms with Crippen LogP contribution in [0, 0.1) is 0 Å². The SMILES string of the molecule is COC(=O)C1=C(C)N=c2s/c(=C\c3cccnc3)c(=O)n2C1c1ccc(OC)cc1OC. The molecule has 1 aliphatic rings. The normalized spacial score (nSPS) is 15.8. The van der Waals surface area contributed by atoms with Crippen molar-refractivity contribution in [2.75, 3.05) is 21.3 Å². The van der Waals surface area contributed by atoms with Crippen LogP contribution in [0.1, 0.15) is 24.1 Å². The van der Waals surface area contributed by atoms with Crippen molar-refractivity contribution in [1.82, 2.24) is 9.55 Å². The van der Waals surface area contributed by atoms with Gasteiger partial charge in [0.1, 0.15) is 17.5 Å². The number of ether oxygens (including phenoxy) is 3. The van der Waals surface area contributed by atoms with E-state index in [2.05, 4.69) is 9.98 Å². The number of carbonyl (C=O) groups is 1. The molecule has 0 aliphatic carbocycles. The van der Waals surface area contributed by atoms with Crippen molar-refractivity contribution >= 4 is 23.4 Å². The molecule has 0 amide bonds. The van der Waals surface area contributed by atoms with E-state index in [0.717, 1.165) is 5.56 Å². The third kappa shape index (κ3) is 3.71. The Labute approximate surface area is 187 Å². The predicted octanol–water partition coefficient (Wildman–Crippen LogP) is 1.82. The van der Waals surface area contributed by atoms with Crippen molar-refractivity contribution in [1.29, 1.82) is 0 Å². The molecule has 0 saturated carbocycles. The van der Waals surface area contributed by atoms with Crippen LogP contribution in [-0.4, -0.2) is 36.8 Å². The minimum atomic E-state index is -0.768. The molecule has 2 aromatic heterocycles. The lowest BCUT2D eigenvalue weighted by Gasteiger charge is -2.25. The first-order chi connectivity index (χ1) is 15.5. The minimum Gasteiger partial charge on any atom is -0.497 e. The lowest BCUT2D eigenvalue weighted by Crippen LogP contribution is -2.40. The van der Waals surface area contributed by atoms with E-state index < -0.39 is 12.0 Å². The molecule has 164 valence electrons. The molecule has 0 fully saturated rings. The second kappa shape index (κ2) is 8.80. The molecule has 3 heterocycles. The van der Waals surface area contributed by atoms with Crippen LogP contribution in [0.25, 0.3) is 6.08 Å². The van der Waals surface area contributed by atoms with E-state index in [1.54, 1.807) is 56.8 Å². The summed E-state index contributed by atoms with van der Waals surface area (Å²) >= 11 is 1.25. The summed E-state index contributed by atoms with van der Waals surface area (Å²) in [5, 5.41) is 0. The highest BCUT2D eigenvalue weighted by molar-refractivity contribution is 7.07. The van der Waals surface area contributed by atoms with E-state index >= 15 is 0 Å². The van der Waals surface area contributed by atoms with Crippen molar-refractivity contribution in [3.63, 3.8) is 0 Å². The highest BCUT2D eigenvalue weighted by Crippen LogP contribution is 2.37. The fourth-order valence-electron chi connectivity index (χ4n) is 3.64. The average Bonchev–Trinajstić information content (AvgIpc) is 3.12. The fourth-order valence-corrected chi connectivity index (χ4v) is 4.69. The van der Waals surface area contributed by atoms with Crippen LogP contribution in [0.5, 0.6) is 11.5 Å². The number of allylic oxidation sites excluding steroid dienone is 1. The molecule has 1 aromatic carbocycles. The summed E-state index contributed by atoms with van der Waals surface area (Å²) in [6, 6.07) is 8.14. The maximum absolute atomic E-state index is 13.5. The number of rotatable bonds is 5. The Morgan fingerprint density at radius 3 is 2.66 bits per heavy atom. The molecule has 0 bridgehead atoms. The van der Waals surface area contributed by atoms with E-state index in [-0.39, 0.29) is 11.1 Å². The molecule has 1 atom stereocenters. The van der Waals surface area contributed by atoms with Crippen LogP contribution in [0.3, 0.4) is 0 Å². The topological polar surface area (TPSA) is 92.0 Å². The Kier molecular flexibility index (Phi) is 5.91. The molecule has 0 saturated heterocycles. The maximum Gasteiger partial charge on any atom is 0.338 e. The number of methoxy groups -OCH3 is 3. The standard InChI is InChI=1S/C23H21N3O5S/c1-13-19(22(28)31-4)20(16-8-7-15(29-2)11-17(16)30-3)26-21(27)18(32-23(26)25-13)10-14-6-5-9-24-12-14/h5-12,20H,1-4H3/b18-10-. The van der Waals surface area contributed by atoms with Gasteiger partial charge in [0.25, 0.3) is 5.56 Å². The monoisotopic (exact) mass is 451 g/mol. The molecule has 0 N–H and O–H groups in total. The molecule has 0 spiro atoms. The predicted molar refractivity (Wildman–Crippen MR) is 120 cm³/mol. The molecule has 1 unspecified atom stereocenters. The van der Waals surface area contributed by atoms with Crippen LogP contribution in [0.4, 0.5) is 0 Å². The first kappa shape index (κ1) is 21.5.